The summed E-state index contributed by atoms with van der Waals surface area (Å²) in [5.74, 6) is 0.299. The van der Waals surface area contributed by atoms with Gasteiger partial charge in [0, 0.05) is 38.1 Å². The van der Waals surface area contributed by atoms with Crippen molar-refractivity contribution < 1.29 is 0 Å². The van der Waals surface area contributed by atoms with Gasteiger partial charge in [-0.05, 0) is 74.4 Å². The van der Waals surface area contributed by atoms with Crippen molar-refractivity contribution in [3.63, 3.8) is 0 Å². The molecule has 0 spiro atoms. The molecule has 0 amide bonds. The standard InChI is InChI=1S/C35H41BN2S/c1-12-21-26(22-13-2)38-30(19-8)33-29(18-7)37(25(15-4)16-5)28(17-6)27(23-14-3)36(33)35-34(38)32(24(10)11)31(20-9)39-35/h12-24H,1,3-4,8-9H2,2,5-7,10-11H3/b22-13-,25-16+,26-21+,27-23+,28-17+,29-18+. The van der Waals surface area contributed by atoms with Crippen LogP contribution in [0.5, 0.6) is 0 Å². The molecule has 2 aliphatic heterocycles. The number of thiophene rings is 1. The predicted molar refractivity (Wildman–Crippen MR) is 178 cm³/mol. The molecule has 4 heteroatoms. The van der Waals surface area contributed by atoms with Crippen molar-refractivity contribution in [1.29, 1.82) is 0 Å². The van der Waals surface area contributed by atoms with Crippen molar-refractivity contribution in [3.05, 3.63) is 150 Å². The van der Waals surface area contributed by atoms with Gasteiger partial charge in [-0.15, -0.1) is 11.3 Å². The van der Waals surface area contributed by atoms with Crippen LogP contribution in [0, 0.1) is 0 Å². The fourth-order valence-corrected chi connectivity index (χ4v) is 7.12. The Labute approximate surface area is 240 Å². The van der Waals surface area contributed by atoms with Gasteiger partial charge in [0.2, 0.25) is 0 Å². The highest BCUT2D eigenvalue weighted by Crippen LogP contribution is 2.50. The number of hydrogen-bond acceptors (Lipinski definition) is 3. The first kappa shape index (κ1) is 29.8. The fourth-order valence-electron chi connectivity index (χ4n) is 5.70. The molecule has 2 nitrogen and oxygen atoms in total. The minimum Gasteiger partial charge on any atom is -0.312 e. The Balaban J connectivity index is 2.67. The van der Waals surface area contributed by atoms with Crippen LogP contribution in [0.2, 0.25) is 0 Å². The Morgan fingerprint density at radius 2 is 1.56 bits per heavy atom. The van der Waals surface area contributed by atoms with Gasteiger partial charge in [0.15, 0.2) is 0 Å². The summed E-state index contributed by atoms with van der Waals surface area (Å²) in [4.78, 5) is 5.87. The summed E-state index contributed by atoms with van der Waals surface area (Å²) in [6, 6.07) is 0. The summed E-state index contributed by atoms with van der Waals surface area (Å²) in [6.07, 6.45) is 24.6. The molecule has 0 N–H and O–H groups in total. The van der Waals surface area contributed by atoms with Gasteiger partial charge in [-0.3, -0.25) is 0 Å². The first-order valence-corrected chi connectivity index (χ1v) is 14.3. The normalized spacial score (nSPS) is 19.4. The summed E-state index contributed by atoms with van der Waals surface area (Å²) in [5, 5.41) is 0. The molecule has 0 unspecified atom stereocenters. The molecule has 0 aromatic carbocycles. The molecule has 0 atom stereocenters. The molecular formula is C35H41BN2S. The average molecular weight is 533 g/mol. The highest BCUT2D eigenvalue weighted by atomic mass is 32.1. The number of fused-ring (bicyclic) bond motifs is 3. The van der Waals surface area contributed by atoms with Crippen LogP contribution in [0.3, 0.4) is 0 Å². The second-order valence-corrected chi connectivity index (χ2v) is 10.6. The molecule has 0 saturated carbocycles. The molecule has 1 aromatic rings. The highest BCUT2D eigenvalue weighted by Gasteiger charge is 2.48. The van der Waals surface area contributed by atoms with Gasteiger partial charge in [-0.2, -0.15) is 0 Å². The maximum atomic E-state index is 4.36. The third-order valence-electron chi connectivity index (χ3n) is 7.08. The Hall–Kier alpha value is -3.76. The third kappa shape index (κ3) is 4.90. The molecule has 2 aliphatic rings. The predicted octanol–water partition coefficient (Wildman–Crippen LogP) is 9.53. The van der Waals surface area contributed by atoms with E-state index in [0.717, 1.165) is 28.5 Å². The molecule has 39 heavy (non-hydrogen) atoms. The van der Waals surface area contributed by atoms with Crippen molar-refractivity contribution >= 4 is 34.6 Å². The van der Waals surface area contributed by atoms with Gasteiger partial charge in [0.25, 0.3) is 6.71 Å². The van der Waals surface area contributed by atoms with Crippen molar-refractivity contribution in [2.45, 2.75) is 47.5 Å². The van der Waals surface area contributed by atoms with Gasteiger partial charge >= 0.3 is 0 Å². The lowest BCUT2D eigenvalue weighted by Crippen LogP contribution is -2.51. The Kier molecular flexibility index (Phi) is 9.83. The smallest absolute Gasteiger partial charge is 0.264 e. The van der Waals surface area contributed by atoms with Crippen molar-refractivity contribution in [3.8, 4) is 0 Å². The first-order chi connectivity index (χ1) is 18.8. The van der Waals surface area contributed by atoms with E-state index in [4.69, 9.17) is 0 Å². The maximum Gasteiger partial charge on any atom is 0.264 e. The van der Waals surface area contributed by atoms with E-state index in [0.29, 0.717) is 5.92 Å². The van der Waals surface area contributed by atoms with E-state index >= 15 is 0 Å². The zero-order chi connectivity index (χ0) is 28.9. The lowest BCUT2D eigenvalue weighted by atomic mass is 9.34. The quantitative estimate of drug-likeness (QED) is 0.231. The summed E-state index contributed by atoms with van der Waals surface area (Å²) in [6.45, 7) is 33.7. The summed E-state index contributed by atoms with van der Waals surface area (Å²) >= 11 is 1.83. The van der Waals surface area contributed by atoms with Gasteiger partial charge in [0.05, 0.1) is 5.69 Å². The van der Waals surface area contributed by atoms with Crippen LogP contribution in [0.25, 0.3) is 6.08 Å². The van der Waals surface area contributed by atoms with E-state index in [2.05, 4.69) is 120 Å². The van der Waals surface area contributed by atoms with Gasteiger partial charge in [0.1, 0.15) is 0 Å². The van der Waals surface area contributed by atoms with E-state index in [1.807, 2.05) is 48.6 Å². The number of nitrogens with zero attached hydrogens (tertiary/aromatic N) is 2. The minimum atomic E-state index is 0.00519. The topological polar surface area (TPSA) is 6.48 Å². The third-order valence-corrected chi connectivity index (χ3v) is 8.33. The average Bonchev–Trinajstić information content (AvgIpc) is 3.32. The molecule has 3 heterocycles. The minimum absolute atomic E-state index is 0.00519. The van der Waals surface area contributed by atoms with Crippen molar-refractivity contribution in [1.82, 2.24) is 4.90 Å². The van der Waals surface area contributed by atoms with Crippen molar-refractivity contribution in [2.75, 3.05) is 4.90 Å². The zero-order valence-electron chi connectivity index (χ0n) is 24.4. The zero-order valence-corrected chi connectivity index (χ0v) is 25.2. The van der Waals surface area contributed by atoms with Crippen LogP contribution >= 0.6 is 11.3 Å². The summed E-state index contributed by atoms with van der Waals surface area (Å²) < 4.78 is 1.29. The number of allylic oxidation sites excluding steroid dienone is 13. The lowest BCUT2D eigenvalue weighted by Gasteiger charge is -2.46. The molecule has 0 aliphatic carbocycles. The van der Waals surface area contributed by atoms with Gasteiger partial charge in [-0.1, -0.05) is 95.4 Å². The first-order valence-electron chi connectivity index (χ1n) is 13.5. The van der Waals surface area contributed by atoms with Crippen LogP contribution < -0.4 is 9.68 Å². The van der Waals surface area contributed by atoms with Gasteiger partial charge in [-0.25, -0.2) is 0 Å². The lowest BCUT2D eigenvalue weighted by molar-refractivity contribution is 0.559. The fraction of sp³-hybridized carbons (Fsp3) is 0.200. The summed E-state index contributed by atoms with van der Waals surface area (Å²) in [5.41, 5.74) is 10.3. The second-order valence-electron chi connectivity index (χ2n) is 9.51. The van der Waals surface area contributed by atoms with E-state index in [1.165, 1.54) is 31.8 Å². The monoisotopic (exact) mass is 532 g/mol. The van der Waals surface area contributed by atoms with Crippen LogP contribution in [-0.4, -0.2) is 11.6 Å². The molecule has 0 radical (unpaired) electrons. The molecule has 1 aromatic heterocycles. The van der Waals surface area contributed by atoms with E-state index in [9.17, 15) is 0 Å². The van der Waals surface area contributed by atoms with Crippen LogP contribution in [0.15, 0.2) is 139 Å². The largest absolute Gasteiger partial charge is 0.312 e. The summed E-state index contributed by atoms with van der Waals surface area (Å²) in [7, 11) is 0. The van der Waals surface area contributed by atoms with Crippen LogP contribution in [0.4, 0.5) is 5.69 Å². The molecule has 200 valence electrons. The molecule has 0 bridgehead atoms. The van der Waals surface area contributed by atoms with E-state index in [-0.39, 0.29) is 6.71 Å². The maximum absolute atomic E-state index is 4.36. The molecule has 3 rings (SSSR count). The number of hydrogen-bond donors (Lipinski definition) is 0. The van der Waals surface area contributed by atoms with Crippen LogP contribution in [0.1, 0.15) is 57.9 Å². The Morgan fingerprint density at radius 3 is 2.03 bits per heavy atom. The molecular weight excluding hydrogens is 491 g/mol. The molecule has 1 saturated heterocycles. The van der Waals surface area contributed by atoms with Crippen molar-refractivity contribution in [2.24, 2.45) is 0 Å². The number of anilines is 1. The molecule has 1 fully saturated rings. The van der Waals surface area contributed by atoms with Gasteiger partial charge < -0.3 is 9.80 Å². The Morgan fingerprint density at radius 1 is 0.872 bits per heavy atom. The number of rotatable bonds is 9. The Bertz CT molecular complexity index is 1410. The SMILES string of the molecule is C=C/C=C1/B2C(=C(C=C)N(C(/C=C\C)=C/C=C)c3c2sc(C=C)c3C(C)C)/C(=C\C)N(/C(C=C)=C/C)/C1=C/C. The van der Waals surface area contributed by atoms with Crippen LogP contribution in [-0.2, 0) is 0 Å². The van der Waals surface area contributed by atoms with E-state index in [1.54, 1.807) is 0 Å². The van der Waals surface area contributed by atoms with E-state index < -0.39 is 0 Å². The second kappa shape index (κ2) is 12.9. The highest BCUT2D eigenvalue weighted by molar-refractivity contribution is 7.27.